The summed E-state index contributed by atoms with van der Waals surface area (Å²) in [5, 5.41) is 19.1. The number of aliphatic hydroxyl groups excluding tert-OH is 2. The Morgan fingerprint density at radius 1 is 1.17 bits per heavy atom. The Labute approximate surface area is 105 Å². The van der Waals surface area contributed by atoms with Crippen LogP contribution < -0.4 is 0 Å². The monoisotopic (exact) mass is 258 g/mol. The van der Waals surface area contributed by atoms with Gasteiger partial charge in [0.05, 0.1) is 6.61 Å². The molecule has 0 aromatic heterocycles. The van der Waals surface area contributed by atoms with E-state index in [1.54, 1.807) is 0 Å². The molecule has 0 amide bonds. The average Bonchev–Trinajstić information content (AvgIpc) is 2.88. The second-order valence-corrected chi connectivity index (χ2v) is 5.28. The topological polar surface area (TPSA) is 85.2 Å². The molecule has 4 atom stereocenters. The van der Waals surface area contributed by atoms with Crippen LogP contribution in [0.3, 0.4) is 0 Å². The molecule has 1 spiro atoms. The number of cyclic esters (lactones) is 1. The molecule has 6 heteroatoms. The van der Waals surface area contributed by atoms with Gasteiger partial charge in [0.25, 0.3) is 0 Å². The van der Waals surface area contributed by atoms with Crippen molar-refractivity contribution in [3.63, 3.8) is 0 Å². The van der Waals surface area contributed by atoms with Gasteiger partial charge in [0, 0.05) is 12.8 Å². The molecule has 1 saturated carbocycles. The SMILES string of the molecule is O=C1O[C@H]([C@@H]2COC3(CCCCC3)O2)[C@H](O)[C@@H]1O. The fourth-order valence-corrected chi connectivity index (χ4v) is 2.98. The van der Waals surface area contributed by atoms with E-state index in [1.165, 1.54) is 6.42 Å². The molecule has 0 aromatic carbocycles. The molecule has 2 heterocycles. The molecular formula is C12H18O6. The van der Waals surface area contributed by atoms with Gasteiger partial charge in [-0.05, 0) is 12.8 Å². The maximum Gasteiger partial charge on any atom is 0.338 e. The van der Waals surface area contributed by atoms with Crippen molar-refractivity contribution < 1.29 is 29.2 Å². The van der Waals surface area contributed by atoms with Crippen LogP contribution >= 0.6 is 0 Å². The van der Waals surface area contributed by atoms with E-state index in [9.17, 15) is 15.0 Å². The van der Waals surface area contributed by atoms with E-state index in [0.717, 1.165) is 25.7 Å². The number of hydrogen-bond donors (Lipinski definition) is 2. The Morgan fingerprint density at radius 3 is 2.50 bits per heavy atom. The van der Waals surface area contributed by atoms with Crippen molar-refractivity contribution in [2.45, 2.75) is 62.3 Å². The van der Waals surface area contributed by atoms with Crippen molar-refractivity contribution in [1.29, 1.82) is 0 Å². The summed E-state index contributed by atoms with van der Waals surface area (Å²) in [4.78, 5) is 11.2. The molecule has 2 N–H and O–H groups in total. The lowest BCUT2D eigenvalue weighted by atomic mass is 9.94. The molecular weight excluding hydrogens is 240 g/mol. The molecule has 2 aliphatic heterocycles. The highest BCUT2D eigenvalue weighted by atomic mass is 16.8. The first kappa shape index (κ1) is 12.3. The summed E-state index contributed by atoms with van der Waals surface area (Å²) in [6, 6.07) is 0. The molecule has 2 saturated heterocycles. The standard InChI is InChI=1S/C12H18O6/c13-8-9(14)11(15)17-10(8)7-6-16-12(18-7)4-2-1-3-5-12/h7-10,13-14H,1-6H2/t7-,8+,9-,10+/m0/s1. The fraction of sp³-hybridized carbons (Fsp3) is 0.917. The third kappa shape index (κ3) is 1.93. The zero-order chi connectivity index (χ0) is 12.8. The molecule has 0 aromatic rings. The molecule has 1 aliphatic carbocycles. The number of carbonyl (C=O) groups excluding carboxylic acids is 1. The number of esters is 1. The second kappa shape index (κ2) is 4.45. The van der Waals surface area contributed by atoms with Crippen LogP contribution in [0.5, 0.6) is 0 Å². The minimum Gasteiger partial charge on any atom is -0.455 e. The van der Waals surface area contributed by atoms with Crippen molar-refractivity contribution in [3.8, 4) is 0 Å². The van der Waals surface area contributed by atoms with E-state index in [0.29, 0.717) is 6.61 Å². The summed E-state index contributed by atoms with van der Waals surface area (Å²) in [6.07, 6.45) is 0.953. The number of ether oxygens (including phenoxy) is 3. The fourth-order valence-electron chi connectivity index (χ4n) is 2.98. The zero-order valence-electron chi connectivity index (χ0n) is 10.1. The van der Waals surface area contributed by atoms with Crippen LogP contribution in [0.1, 0.15) is 32.1 Å². The van der Waals surface area contributed by atoms with Crippen molar-refractivity contribution in [2.75, 3.05) is 6.61 Å². The minimum absolute atomic E-state index is 0.293. The van der Waals surface area contributed by atoms with Gasteiger partial charge < -0.3 is 24.4 Å². The number of aliphatic hydroxyl groups is 2. The summed E-state index contributed by atoms with van der Waals surface area (Å²) >= 11 is 0. The number of rotatable bonds is 1. The van der Waals surface area contributed by atoms with Gasteiger partial charge in [0.15, 0.2) is 18.0 Å². The summed E-state index contributed by atoms with van der Waals surface area (Å²) < 4.78 is 16.5. The third-order valence-corrected chi connectivity index (χ3v) is 4.01. The molecule has 0 bridgehead atoms. The van der Waals surface area contributed by atoms with Gasteiger partial charge in [-0.1, -0.05) is 6.42 Å². The molecule has 102 valence electrons. The highest BCUT2D eigenvalue weighted by molar-refractivity contribution is 5.77. The molecule has 3 aliphatic rings. The Kier molecular flexibility index (Phi) is 3.05. The lowest BCUT2D eigenvalue weighted by molar-refractivity contribution is -0.200. The third-order valence-electron chi connectivity index (χ3n) is 4.01. The molecule has 3 fully saturated rings. The summed E-state index contributed by atoms with van der Waals surface area (Å²) in [7, 11) is 0. The van der Waals surface area contributed by atoms with E-state index in [1.807, 2.05) is 0 Å². The predicted octanol–water partition coefficient (Wildman–Crippen LogP) is -0.291. The summed E-state index contributed by atoms with van der Waals surface area (Å²) in [6.45, 7) is 0.293. The first-order chi connectivity index (χ1) is 8.61. The molecule has 18 heavy (non-hydrogen) atoms. The van der Waals surface area contributed by atoms with E-state index >= 15 is 0 Å². The van der Waals surface area contributed by atoms with Crippen LogP contribution in [0, 0.1) is 0 Å². The van der Waals surface area contributed by atoms with Gasteiger partial charge in [-0.2, -0.15) is 0 Å². The number of hydrogen-bond acceptors (Lipinski definition) is 6. The number of carbonyl (C=O) groups is 1. The van der Waals surface area contributed by atoms with Crippen LogP contribution in [0.15, 0.2) is 0 Å². The lowest BCUT2D eigenvalue weighted by Crippen LogP contribution is -2.41. The first-order valence-electron chi connectivity index (χ1n) is 6.50. The quantitative estimate of drug-likeness (QED) is 0.629. The molecule has 3 rings (SSSR count). The van der Waals surface area contributed by atoms with Crippen molar-refractivity contribution >= 4 is 5.97 Å². The smallest absolute Gasteiger partial charge is 0.338 e. The largest absolute Gasteiger partial charge is 0.455 e. The lowest BCUT2D eigenvalue weighted by Gasteiger charge is -2.32. The maximum absolute atomic E-state index is 11.2. The molecule has 6 nitrogen and oxygen atoms in total. The van der Waals surface area contributed by atoms with Crippen LogP contribution in [-0.2, 0) is 19.0 Å². The van der Waals surface area contributed by atoms with Crippen LogP contribution in [0.2, 0.25) is 0 Å². The second-order valence-electron chi connectivity index (χ2n) is 5.28. The van der Waals surface area contributed by atoms with Crippen molar-refractivity contribution in [3.05, 3.63) is 0 Å². The predicted molar refractivity (Wildman–Crippen MR) is 58.5 cm³/mol. The highest BCUT2D eigenvalue weighted by Crippen LogP contribution is 2.40. The van der Waals surface area contributed by atoms with Gasteiger partial charge >= 0.3 is 5.97 Å². The Balaban J connectivity index is 1.67. The Morgan fingerprint density at radius 2 is 1.89 bits per heavy atom. The normalized spacial score (nSPS) is 43.3. The highest BCUT2D eigenvalue weighted by Gasteiger charge is 2.53. The van der Waals surface area contributed by atoms with Gasteiger partial charge in [0.2, 0.25) is 0 Å². The maximum atomic E-state index is 11.2. The van der Waals surface area contributed by atoms with Gasteiger partial charge in [0.1, 0.15) is 12.2 Å². The first-order valence-corrected chi connectivity index (χ1v) is 6.50. The average molecular weight is 258 g/mol. The molecule has 0 unspecified atom stereocenters. The van der Waals surface area contributed by atoms with Crippen LogP contribution in [-0.4, -0.2) is 53.0 Å². The van der Waals surface area contributed by atoms with E-state index in [-0.39, 0.29) is 0 Å². The Hall–Kier alpha value is -0.690. The van der Waals surface area contributed by atoms with E-state index < -0.39 is 36.2 Å². The zero-order valence-corrected chi connectivity index (χ0v) is 10.1. The van der Waals surface area contributed by atoms with Crippen LogP contribution in [0.25, 0.3) is 0 Å². The van der Waals surface area contributed by atoms with Crippen LogP contribution in [0.4, 0.5) is 0 Å². The van der Waals surface area contributed by atoms with Crippen molar-refractivity contribution in [2.24, 2.45) is 0 Å². The van der Waals surface area contributed by atoms with Gasteiger partial charge in [-0.3, -0.25) is 0 Å². The van der Waals surface area contributed by atoms with Gasteiger partial charge in [-0.25, -0.2) is 4.79 Å². The van der Waals surface area contributed by atoms with E-state index in [2.05, 4.69) is 0 Å². The summed E-state index contributed by atoms with van der Waals surface area (Å²) in [5.74, 6) is -1.36. The van der Waals surface area contributed by atoms with E-state index in [4.69, 9.17) is 14.2 Å². The summed E-state index contributed by atoms with van der Waals surface area (Å²) in [5.41, 5.74) is 0. The van der Waals surface area contributed by atoms with Crippen molar-refractivity contribution in [1.82, 2.24) is 0 Å². The Bertz CT molecular complexity index is 337. The minimum atomic E-state index is -1.47. The molecule has 0 radical (unpaired) electrons. The van der Waals surface area contributed by atoms with Gasteiger partial charge in [-0.15, -0.1) is 0 Å².